The smallest absolute Gasteiger partial charge is 0.403 e. The molecule has 3 N–H and O–H groups in total. The van der Waals surface area contributed by atoms with Gasteiger partial charge in [0.2, 0.25) is 0 Å². The number of rotatable bonds is 3. The molecule has 0 amide bonds. The van der Waals surface area contributed by atoms with E-state index in [0.29, 0.717) is 11.1 Å². The summed E-state index contributed by atoms with van der Waals surface area (Å²) in [7, 11) is 1.26. The van der Waals surface area contributed by atoms with Gasteiger partial charge in [-0.1, -0.05) is 18.2 Å². The van der Waals surface area contributed by atoms with Gasteiger partial charge < -0.3 is 9.84 Å². The molecule has 74 valence electrons. The van der Waals surface area contributed by atoms with Crippen molar-refractivity contribution in [2.24, 2.45) is 0 Å². The third-order valence-electron chi connectivity index (χ3n) is 1.88. The lowest BCUT2D eigenvalue weighted by molar-refractivity contribution is -0.149. The molecule has 0 heterocycles. The number of hydrogen-bond donors (Lipinski definition) is 2. The van der Waals surface area contributed by atoms with E-state index in [-0.39, 0.29) is 12.3 Å². The molecule has 1 rings (SSSR count). The van der Waals surface area contributed by atoms with Crippen LogP contribution in [0.15, 0.2) is 24.3 Å². The molecule has 1 aromatic rings. The summed E-state index contributed by atoms with van der Waals surface area (Å²) in [5, 5.41) is 14.6. The molecular formula is C10H12NO3+. The number of ether oxygens (including phenoxy) is 1. The number of nitrogens with two attached hydrogens (primary N) is 1. The highest BCUT2D eigenvalue weighted by atomic mass is 16.5. The van der Waals surface area contributed by atoms with Crippen molar-refractivity contribution in [2.75, 3.05) is 7.11 Å². The third kappa shape index (κ3) is 1.97. The second-order valence-electron chi connectivity index (χ2n) is 2.72. The van der Waals surface area contributed by atoms with E-state index in [2.05, 4.69) is 4.74 Å². The lowest BCUT2D eigenvalue weighted by atomic mass is 10.0. The van der Waals surface area contributed by atoms with E-state index in [1.54, 1.807) is 24.3 Å². The highest BCUT2D eigenvalue weighted by molar-refractivity contribution is 6.40. The van der Waals surface area contributed by atoms with E-state index in [1.807, 2.05) is 0 Å². The molecule has 0 aliphatic rings. The second kappa shape index (κ2) is 4.53. The van der Waals surface area contributed by atoms with Crippen LogP contribution in [0.25, 0.3) is 0 Å². The van der Waals surface area contributed by atoms with E-state index in [9.17, 15) is 4.79 Å². The van der Waals surface area contributed by atoms with Crippen molar-refractivity contribution in [1.29, 1.82) is 0 Å². The normalized spacial score (nSPS) is 9.57. The average Bonchev–Trinajstić information content (AvgIpc) is 2.26. The van der Waals surface area contributed by atoms with Crippen LogP contribution in [-0.2, 0) is 16.1 Å². The van der Waals surface area contributed by atoms with Crippen LogP contribution in [0.2, 0.25) is 0 Å². The Labute approximate surface area is 81.6 Å². The third-order valence-corrected chi connectivity index (χ3v) is 1.88. The number of aliphatic hydroxyl groups excluding tert-OH is 1. The lowest BCUT2D eigenvalue weighted by Gasteiger charge is -2.02. The molecule has 4 heteroatoms. The number of aliphatic hydroxyl groups is 1. The standard InChI is InChI=1S/C10H11NO3/c1-14-10(13)9(11)8-5-3-2-4-7(8)6-12/h2-5,11-12H,6H2,1H3/p+1. The molecule has 4 nitrogen and oxygen atoms in total. The van der Waals surface area contributed by atoms with E-state index in [0.717, 1.165) is 0 Å². The minimum atomic E-state index is -0.592. The average molecular weight is 194 g/mol. The molecule has 0 saturated heterocycles. The SMILES string of the molecule is COC(=O)C(=[NH2+])c1ccccc1CO. The summed E-state index contributed by atoms with van der Waals surface area (Å²) < 4.78 is 4.48. The fourth-order valence-corrected chi connectivity index (χ4v) is 1.14. The topological polar surface area (TPSA) is 72.1 Å². The molecule has 0 aliphatic heterocycles. The predicted molar refractivity (Wildman–Crippen MR) is 50.4 cm³/mol. The number of benzene rings is 1. The van der Waals surface area contributed by atoms with Crippen LogP contribution in [-0.4, -0.2) is 23.9 Å². The maximum atomic E-state index is 11.1. The first-order valence-corrected chi connectivity index (χ1v) is 4.10. The summed E-state index contributed by atoms with van der Waals surface area (Å²) in [5.74, 6) is -0.592. The van der Waals surface area contributed by atoms with Gasteiger partial charge in [-0.3, -0.25) is 0 Å². The molecule has 0 aliphatic carbocycles. The number of esters is 1. The zero-order chi connectivity index (χ0) is 10.6. The van der Waals surface area contributed by atoms with Crippen molar-refractivity contribution in [3.05, 3.63) is 35.4 Å². The Morgan fingerprint density at radius 1 is 1.50 bits per heavy atom. The molecule has 0 radical (unpaired) electrons. The van der Waals surface area contributed by atoms with Gasteiger partial charge in [-0.15, -0.1) is 0 Å². The van der Waals surface area contributed by atoms with Gasteiger partial charge in [-0.25, -0.2) is 10.2 Å². The van der Waals surface area contributed by atoms with E-state index < -0.39 is 5.97 Å². The summed E-state index contributed by atoms with van der Waals surface area (Å²) in [6.07, 6.45) is 0. The maximum Gasteiger partial charge on any atom is 0.403 e. The first kappa shape index (κ1) is 10.4. The molecule has 0 aromatic heterocycles. The van der Waals surface area contributed by atoms with Crippen LogP contribution >= 0.6 is 0 Å². The van der Waals surface area contributed by atoms with Gasteiger partial charge in [-0.2, -0.15) is 0 Å². The highest BCUT2D eigenvalue weighted by Gasteiger charge is 2.20. The zero-order valence-electron chi connectivity index (χ0n) is 7.86. The lowest BCUT2D eigenvalue weighted by Crippen LogP contribution is -2.46. The summed E-state index contributed by atoms with van der Waals surface area (Å²) in [6, 6.07) is 6.87. The maximum absolute atomic E-state index is 11.1. The van der Waals surface area contributed by atoms with Gasteiger partial charge in [0.05, 0.1) is 19.3 Å². The Kier molecular flexibility index (Phi) is 3.36. The quantitative estimate of drug-likeness (QED) is 0.474. The highest BCUT2D eigenvalue weighted by Crippen LogP contribution is 2.08. The molecule has 0 saturated carbocycles. The van der Waals surface area contributed by atoms with Crippen molar-refractivity contribution >= 4 is 11.7 Å². The number of methoxy groups -OCH3 is 1. The summed E-state index contributed by atoms with van der Waals surface area (Å²) >= 11 is 0. The zero-order valence-corrected chi connectivity index (χ0v) is 7.86. The minimum absolute atomic E-state index is 0.0113. The van der Waals surface area contributed by atoms with Crippen molar-refractivity contribution < 1.29 is 20.0 Å². The Balaban J connectivity index is 3.06. The Hall–Kier alpha value is -1.68. The van der Waals surface area contributed by atoms with Crippen LogP contribution in [0.3, 0.4) is 0 Å². The van der Waals surface area contributed by atoms with Crippen LogP contribution < -0.4 is 5.41 Å². The monoisotopic (exact) mass is 194 g/mol. The molecule has 1 aromatic carbocycles. The van der Waals surface area contributed by atoms with Crippen molar-refractivity contribution in [3.63, 3.8) is 0 Å². The molecule has 0 atom stereocenters. The molecule has 14 heavy (non-hydrogen) atoms. The fraction of sp³-hybridized carbons (Fsp3) is 0.200. The summed E-state index contributed by atoms with van der Waals surface area (Å²) in [6.45, 7) is -0.159. The molecular weight excluding hydrogens is 182 g/mol. The Morgan fingerprint density at radius 2 is 2.14 bits per heavy atom. The minimum Gasteiger partial charge on any atom is -0.461 e. The number of carbonyl (C=O) groups excluding carboxylic acids is 1. The van der Waals surface area contributed by atoms with E-state index in [4.69, 9.17) is 10.5 Å². The van der Waals surface area contributed by atoms with Crippen LogP contribution in [0.4, 0.5) is 0 Å². The van der Waals surface area contributed by atoms with Gasteiger partial charge in [0.25, 0.3) is 5.71 Å². The van der Waals surface area contributed by atoms with Crippen LogP contribution in [0.5, 0.6) is 0 Å². The predicted octanol–water partition coefficient (Wildman–Crippen LogP) is -1.10. The number of carbonyl (C=O) groups is 1. The van der Waals surface area contributed by atoms with Crippen LogP contribution in [0.1, 0.15) is 11.1 Å². The number of hydrogen-bond acceptors (Lipinski definition) is 3. The van der Waals surface area contributed by atoms with Crippen molar-refractivity contribution in [2.45, 2.75) is 6.61 Å². The van der Waals surface area contributed by atoms with Crippen molar-refractivity contribution in [3.8, 4) is 0 Å². The van der Waals surface area contributed by atoms with E-state index in [1.165, 1.54) is 7.11 Å². The largest absolute Gasteiger partial charge is 0.461 e. The first-order valence-electron chi connectivity index (χ1n) is 4.10. The van der Waals surface area contributed by atoms with Crippen molar-refractivity contribution in [1.82, 2.24) is 0 Å². The Bertz CT molecular complexity index is 360. The molecule has 0 unspecified atom stereocenters. The molecule has 0 bridgehead atoms. The Morgan fingerprint density at radius 3 is 2.71 bits per heavy atom. The molecule has 0 fully saturated rings. The fourth-order valence-electron chi connectivity index (χ4n) is 1.14. The summed E-state index contributed by atoms with van der Waals surface area (Å²) in [5.41, 5.74) is 1.13. The van der Waals surface area contributed by atoms with Gasteiger partial charge in [0.15, 0.2) is 0 Å². The van der Waals surface area contributed by atoms with Gasteiger partial charge >= 0.3 is 5.97 Å². The summed E-state index contributed by atoms with van der Waals surface area (Å²) in [4.78, 5) is 11.1. The second-order valence-corrected chi connectivity index (χ2v) is 2.72. The first-order chi connectivity index (χ1) is 6.70. The van der Waals surface area contributed by atoms with E-state index >= 15 is 0 Å². The van der Waals surface area contributed by atoms with Gasteiger partial charge in [-0.05, 0) is 11.6 Å². The van der Waals surface area contributed by atoms with Gasteiger partial charge in [0, 0.05) is 0 Å². The van der Waals surface area contributed by atoms with Gasteiger partial charge in [0.1, 0.15) is 0 Å². The van der Waals surface area contributed by atoms with Crippen LogP contribution in [0, 0.1) is 0 Å². The molecule has 0 spiro atoms.